The van der Waals surface area contributed by atoms with Gasteiger partial charge in [0.05, 0.1) is 15.4 Å². The smallest absolute Gasteiger partial charge is 0.263 e. The van der Waals surface area contributed by atoms with Crippen LogP contribution in [0, 0.1) is 18.8 Å². The highest BCUT2D eigenvalue weighted by atomic mass is 32.1. The van der Waals surface area contributed by atoms with Crippen LogP contribution in [0.4, 0.5) is 0 Å². The van der Waals surface area contributed by atoms with E-state index in [2.05, 4.69) is 11.8 Å². The molecule has 4 nitrogen and oxygen atoms in total. The van der Waals surface area contributed by atoms with Crippen molar-refractivity contribution in [1.29, 1.82) is 0 Å². The van der Waals surface area contributed by atoms with Crippen LogP contribution in [0.15, 0.2) is 6.07 Å². The number of amides is 1. The average molecular weight is 307 g/mol. The van der Waals surface area contributed by atoms with Gasteiger partial charge in [-0.05, 0) is 31.4 Å². The van der Waals surface area contributed by atoms with Gasteiger partial charge in [0, 0.05) is 13.6 Å². The summed E-state index contributed by atoms with van der Waals surface area (Å²) in [5, 5.41) is 19.1. The maximum Gasteiger partial charge on any atom is 0.263 e. The average Bonchev–Trinajstić information content (AvgIpc) is 3.02. The minimum Gasteiger partial charge on any atom is -0.388 e. The lowest BCUT2D eigenvalue weighted by atomic mass is 10.0. The van der Waals surface area contributed by atoms with E-state index >= 15 is 0 Å². The monoisotopic (exact) mass is 307 g/mol. The number of hydrogen-bond donors (Lipinski definition) is 2. The number of aliphatic hydroxyl groups is 2. The molecule has 21 heavy (non-hydrogen) atoms. The Labute approximate surface area is 129 Å². The van der Waals surface area contributed by atoms with Crippen molar-refractivity contribution in [2.45, 2.75) is 38.2 Å². The Kier molecular flexibility index (Phi) is 5.04. The molecule has 0 unspecified atom stereocenters. The first kappa shape index (κ1) is 16.0. The van der Waals surface area contributed by atoms with Crippen LogP contribution in [-0.2, 0) is 0 Å². The summed E-state index contributed by atoms with van der Waals surface area (Å²) >= 11 is 1.34. The lowest BCUT2D eigenvalue weighted by Crippen LogP contribution is -2.41. The molecule has 114 valence electrons. The first-order chi connectivity index (χ1) is 9.95. The summed E-state index contributed by atoms with van der Waals surface area (Å²) in [6, 6.07) is 1.82. The summed E-state index contributed by atoms with van der Waals surface area (Å²) in [4.78, 5) is 15.5. The molecule has 1 aromatic heterocycles. The first-order valence-corrected chi connectivity index (χ1v) is 7.95. The quantitative estimate of drug-likeness (QED) is 0.837. The number of likely N-dealkylation sites (N-methyl/N-ethyl adjacent to an activating group) is 1. The highest BCUT2D eigenvalue weighted by Gasteiger charge is 2.33. The zero-order chi connectivity index (χ0) is 15.5. The SMILES string of the molecule is Cc1cc(C(=O)N(C)CC2(O)CCCC2)sc1C#CCO. The predicted octanol–water partition coefficient (Wildman–Crippen LogP) is 1.78. The van der Waals surface area contributed by atoms with Gasteiger partial charge < -0.3 is 15.1 Å². The van der Waals surface area contributed by atoms with Gasteiger partial charge in [0.1, 0.15) is 6.61 Å². The van der Waals surface area contributed by atoms with Crippen LogP contribution in [0.2, 0.25) is 0 Å². The van der Waals surface area contributed by atoms with Crippen molar-refractivity contribution in [3.63, 3.8) is 0 Å². The number of rotatable bonds is 3. The molecule has 0 aromatic carbocycles. The van der Waals surface area contributed by atoms with Crippen LogP contribution in [0.3, 0.4) is 0 Å². The number of aryl methyl sites for hydroxylation is 1. The number of hydrogen-bond acceptors (Lipinski definition) is 4. The van der Waals surface area contributed by atoms with Gasteiger partial charge in [0.25, 0.3) is 5.91 Å². The zero-order valence-electron chi connectivity index (χ0n) is 12.5. The Hall–Kier alpha value is -1.35. The summed E-state index contributed by atoms with van der Waals surface area (Å²) in [6.07, 6.45) is 3.58. The molecular formula is C16H21NO3S. The van der Waals surface area contributed by atoms with Crippen LogP contribution >= 0.6 is 11.3 Å². The lowest BCUT2D eigenvalue weighted by molar-refractivity contribution is 0.0158. The van der Waals surface area contributed by atoms with Crippen molar-refractivity contribution < 1.29 is 15.0 Å². The third-order valence-corrected chi connectivity index (χ3v) is 4.96. The number of carbonyl (C=O) groups excluding carboxylic acids is 1. The third kappa shape index (κ3) is 3.85. The maximum atomic E-state index is 12.4. The van der Waals surface area contributed by atoms with Gasteiger partial charge in [-0.2, -0.15) is 0 Å². The first-order valence-electron chi connectivity index (χ1n) is 7.13. The number of aliphatic hydroxyl groups excluding tert-OH is 1. The molecule has 0 atom stereocenters. The number of nitrogens with zero attached hydrogens (tertiary/aromatic N) is 1. The lowest BCUT2D eigenvalue weighted by Gasteiger charge is -2.28. The summed E-state index contributed by atoms with van der Waals surface area (Å²) in [6.45, 7) is 2.09. The van der Waals surface area contributed by atoms with Crippen molar-refractivity contribution in [3.8, 4) is 11.8 Å². The van der Waals surface area contributed by atoms with E-state index in [4.69, 9.17) is 5.11 Å². The second kappa shape index (κ2) is 6.61. The van der Waals surface area contributed by atoms with Crippen molar-refractivity contribution >= 4 is 17.2 Å². The summed E-state index contributed by atoms with van der Waals surface area (Å²) in [5.41, 5.74) is 0.216. The van der Waals surface area contributed by atoms with Gasteiger partial charge in [-0.25, -0.2) is 0 Å². The molecule has 0 radical (unpaired) electrons. The Morgan fingerprint density at radius 2 is 2.14 bits per heavy atom. The fourth-order valence-corrected chi connectivity index (χ4v) is 3.77. The van der Waals surface area contributed by atoms with Crippen molar-refractivity contribution in [2.75, 3.05) is 20.2 Å². The van der Waals surface area contributed by atoms with Gasteiger partial charge in [0.15, 0.2) is 0 Å². The molecule has 1 amide bonds. The number of thiophene rings is 1. The Morgan fingerprint density at radius 1 is 1.48 bits per heavy atom. The second-order valence-corrected chi connectivity index (χ2v) is 6.73. The van der Waals surface area contributed by atoms with Gasteiger partial charge in [-0.1, -0.05) is 24.7 Å². The summed E-state index contributed by atoms with van der Waals surface area (Å²) in [5.74, 6) is 5.38. The van der Waals surface area contributed by atoms with Crippen LogP contribution in [0.25, 0.3) is 0 Å². The minimum absolute atomic E-state index is 0.0829. The molecule has 0 bridgehead atoms. The van der Waals surface area contributed by atoms with E-state index in [1.165, 1.54) is 11.3 Å². The van der Waals surface area contributed by atoms with Gasteiger partial charge in [-0.3, -0.25) is 4.79 Å². The minimum atomic E-state index is -0.726. The van der Waals surface area contributed by atoms with Crippen molar-refractivity contribution in [3.05, 3.63) is 21.4 Å². The molecule has 0 spiro atoms. The van der Waals surface area contributed by atoms with E-state index in [0.717, 1.165) is 36.1 Å². The van der Waals surface area contributed by atoms with Gasteiger partial charge >= 0.3 is 0 Å². The van der Waals surface area contributed by atoms with Gasteiger partial charge in [-0.15, -0.1) is 11.3 Å². The number of carbonyl (C=O) groups is 1. The van der Waals surface area contributed by atoms with E-state index in [1.807, 2.05) is 13.0 Å². The largest absolute Gasteiger partial charge is 0.388 e. The highest BCUT2D eigenvalue weighted by molar-refractivity contribution is 7.14. The van der Waals surface area contributed by atoms with Crippen LogP contribution < -0.4 is 0 Å². The normalized spacial score (nSPS) is 16.4. The molecule has 0 saturated heterocycles. The molecule has 2 rings (SSSR count). The Bertz CT molecular complexity index is 576. The summed E-state index contributed by atoms with van der Waals surface area (Å²) in [7, 11) is 1.73. The molecular weight excluding hydrogens is 286 g/mol. The van der Waals surface area contributed by atoms with E-state index in [0.29, 0.717) is 11.4 Å². The molecule has 1 aliphatic carbocycles. The van der Waals surface area contributed by atoms with E-state index in [1.54, 1.807) is 11.9 Å². The topological polar surface area (TPSA) is 60.8 Å². The molecule has 1 fully saturated rings. The fourth-order valence-electron chi connectivity index (χ4n) is 2.72. The molecule has 0 aliphatic heterocycles. The van der Waals surface area contributed by atoms with Crippen LogP contribution in [-0.4, -0.2) is 46.8 Å². The zero-order valence-corrected chi connectivity index (χ0v) is 13.3. The third-order valence-electron chi connectivity index (χ3n) is 3.82. The fraction of sp³-hybridized carbons (Fsp3) is 0.562. The molecule has 1 aliphatic rings. The predicted molar refractivity (Wildman–Crippen MR) is 83.4 cm³/mol. The molecule has 5 heteroatoms. The molecule has 1 heterocycles. The molecule has 1 saturated carbocycles. The van der Waals surface area contributed by atoms with Crippen LogP contribution in [0.5, 0.6) is 0 Å². The van der Waals surface area contributed by atoms with E-state index < -0.39 is 5.60 Å². The van der Waals surface area contributed by atoms with E-state index in [-0.39, 0.29) is 12.5 Å². The highest BCUT2D eigenvalue weighted by Crippen LogP contribution is 2.30. The standard InChI is InChI=1S/C16H21NO3S/c1-12-10-14(21-13(12)6-5-9-18)15(19)17(2)11-16(20)7-3-4-8-16/h10,18,20H,3-4,7-9,11H2,1-2H3. The Morgan fingerprint density at radius 3 is 2.76 bits per heavy atom. The van der Waals surface area contributed by atoms with Crippen molar-refractivity contribution in [1.82, 2.24) is 4.90 Å². The van der Waals surface area contributed by atoms with Crippen LogP contribution in [0.1, 0.15) is 45.8 Å². The summed E-state index contributed by atoms with van der Waals surface area (Å²) < 4.78 is 0. The van der Waals surface area contributed by atoms with Crippen molar-refractivity contribution in [2.24, 2.45) is 0 Å². The Balaban J connectivity index is 2.08. The molecule has 1 aromatic rings. The maximum absolute atomic E-state index is 12.4. The van der Waals surface area contributed by atoms with E-state index in [9.17, 15) is 9.90 Å². The molecule has 2 N–H and O–H groups in total. The second-order valence-electron chi connectivity index (χ2n) is 5.68. The van der Waals surface area contributed by atoms with Gasteiger partial charge in [0.2, 0.25) is 0 Å².